The summed E-state index contributed by atoms with van der Waals surface area (Å²) in [7, 11) is 0. The maximum atomic E-state index is 2.49. The molecule has 10 aromatic carbocycles. The van der Waals surface area contributed by atoms with Crippen LogP contribution >= 0.6 is 0 Å². The smallest absolute Gasteiger partial charge is 0.0714 e. The molecule has 0 saturated heterocycles. The van der Waals surface area contributed by atoms with Gasteiger partial charge in [-0.3, -0.25) is 0 Å². The van der Waals surface area contributed by atoms with Gasteiger partial charge in [-0.05, 0) is 140 Å². The minimum absolute atomic E-state index is 0.490. The predicted octanol–water partition coefficient (Wildman–Crippen LogP) is 17.9. The van der Waals surface area contributed by atoms with Crippen molar-refractivity contribution in [1.29, 1.82) is 0 Å². The number of para-hydroxylation sites is 2. The van der Waals surface area contributed by atoms with E-state index in [-0.39, 0.29) is 0 Å². The van der Waals surface area contributed by atoms with Crippen molar-refractivity contribution >= 4 is 27.8 Å². The van der Waals surface area contributed by atoms with Crippen LogP contribution in [0.25, 0.3) is 33.0 Å². The first-order valence-electron chi connectivity index (χ1n) is 23.5. The van der Waals surface area contributed by atoms with Gasteiger partial charge in [0.05, 0.1) is 11.1 Å². The molecule has 0 spiro atoms. The van der Waals surface area contributed by atoms with Gasteiger partial charge in [0, 0.05) is 16.8 Å². The third-order valence-electron chi connectivity index (χ3n) is 13.3. The number of fused-ring (bicyclic) bond motifs is 5. The number of anilines is 3. The van der Waals surface area contributed by atoms with E-state index < -0.39 is 5.41 Å². The molecule has 0 bridgehead atoms. The van der Waals surface area contributed by atoms with Crippen molar-refractivity contribution in [2.24, 2.45) is 0 Å². The zero-order chi connectivity index (χ0) is 46.5. The molecule has 1 aliphatic carbocycles. The minimum atomic E-state index is -0.490. The highest BCUT2D eigenvalue weighted by atomic mass is 15.1. The molecule has 0 aromatic heterocycles. The van der Waals surface area contributed by atoms with Gasteiger partial charge in [-0.1, -0.05) is 228 Å². The molecule has 0 aliphatic heterocycles. The van der Waals surface area contributed by atoms with Gasteiger partial charge < -0.3 is 4.90 Å². The molecule has 0 N–H and O–H groups in total. The third kappa shape index (κ3) is 8.86. The first-order chi connectivity index (χ1) is 32.6. The summed E-state index contributed by atoms with van der Waals surface area (Å²) in [6.07, 6.45) is 0. The summed E-state index contributed by atoms with van der Waals surface area (Å²) in [5, 5.41) is 2.51. The Morgan fingerprint density at radius 1 is 0.299 bits per heavy atom. The normalized spacial score (nSPS) is 11.9. The van der Waals surface area contributed by atoms with Crippen LogP contribution in [0.3, 0.4) is 0 Å². The number of rotatable bonds is 6. The van der Waals surface area contributed by atoms with Gasteiger partial charge in [0.25, 0.3) is 0 Å². The highest BCUT2D eigenvalue weighted by Crippen LogP contribution is 2.60. The van der Waals surface area contributed by atoms with Crippen molar-refractivity contribution in [3.8, 4) is 22.3 Å². The fourth-order valence-electron chi connectivity index (χ4n) is 9.96. The average Bonchev–Trinajstić information content (AvgIpc) is 3.64. The molecule has 67 heavy (non-hydrogen) atoms. The molecule has 0 fully saturated rings. The van der Waals surface area contributed by atoms with Crippen molar-refractivity contribution in [3.63, 3.8) is 0 Å². The molecule has 0 unspecified atom stereocenters. The summed E-state index contributed by atoms with van der Waals surface area (Å²) in [6, 6.07) is 83.9. The lowest BCUT2D eigenvalue weighted by Gasteiger charge is -2.35. The lowest BCUT2D eigenvalue weighted by molar-refractivity contribution is 0.767. The summed E-state index contributed by atoms with van der Waals surface area (Å²) in [5.74, 6) is 0. The van der Waals surface area contributed by atoms with Crippen LogP contribution in [0.5, 0.6) is 0 Å². The predicted molar refractivity (Wildman–Crippen MR) is 287 cm³/mol. The van der Waals surface area contributed by atoms with E-state index in [0.717, 1.165) is 11.4 Å². The Morgan fingerprint density at radius 3 is 1.25 bits per heavy atom. The van der Waals surface area contributed by atoms with Crippen LogP contribution in [0.2, 0.25) is 0 Å². The van der Waals surface area contributed by atoms with E-state index >= 15 is 0 Å². The lowest BCUT2D eigenvalue weighted by Crippen LogP contribution is -2.29. The number of benzene rings is 10. The van der Waals surface area contributed by atoms with E-state index in [1.807, 2.05) is 18.2 Å². The largest absolute Gasteiger partial charge is 0.310 e. The zero-order valence-electron chi connectivity index (χ0n) is 39.9. The molecule has 11 rings (SSSR count). The quantitative estimate of drug-likeness (QED) is 0.161. The fourth-order valence-corrected chi connectivity index (χ4v) is 9.96. The van der Waals surface area contributed by atoms with Gasteiger partial charge in [-0.25, -0.2) is 0 Å². The number of aryl methyl sites for hydroxylation is 7. The highest BCUT2D eigenvalue weighted by Gasteiger charge is 2.47. The summed E-state index contributed by atoms with van der Waals surface area (Å²) in [6.45, 7) is 15.1. The van der Waals surface area contributed by atoms with E-state index in [0.29, 0.717) is 0 Å². The minimum Gasteiger partial charge on any atom is -0.310 e. The van der Waals surface area contributed by atoms with Gasteiger partial charge in [0.2, 0.25) is 0 Å². The Morgan fingerprint density at radius 2 is 0.731 bits per heavy atom. The van der Waals surface area contributed by atoms with Crippen LogP contribution in [0.15, 0.2) is 231 Å². The second kappa shape index (κ2) is 19.4. The summed E-state index contributed by atoms with van der Waals surface area (Å²) in [5.41, 5.74) is 22.7. The van der Waals surface area contributed by atoms with Crippen LogP contribution < -0.4 is 4.90 Å². The fraction of sp³-hybridized carbons (Fsp3) is 0.121. The van der Waals surface area contributed by atoms with E-state index in [1.54, 1.807) is 0 Å². The second-order valence-electron chi connectivity index (χ2n) is 18.2. The van der Waals surface area contributed by atoms with Gasteiger partial charge >= 0.3 is 0 Å². The summed E-state index contributed by atoms with van der Waals surface area (Å²) < 4.78 is 0. The average molecular weight is 866 g/mol. The number of hydrogen-bond donors (Lipinski definition) is 0. The van der Waals surface area contributed by atoms with E-state index in [1.165, 1.54) is 99.9 Å². The van der Waals surface area contributed by atoms with Crippen molar-refractivity contribution in [3.05, 3.63) is 292 Å². The summed E-state index contributed by atoms with van der Waals surface area (Å²) in [4.78, 5) is 2.42. The molecular weight excluding hydrogens is 807 g/mol. The van der Waals surface area contributed by atoms with Crippen LogP contribution in [-0.4, -0.2) is 0 Å². The Bertz CT molecular complexity index is 3190. The Balaban J connectivity index is 0.000000209. The molecule has 328 valence electrons. The van der Waals surface area contributed by atoms with Gasteiger partial charge in [0.1, 0.15) is 0 Å². The first kappa shape index (κ1) is 44.5. The molecule has 0 atom stereocenters. The molecular formula is C66H59N. The molecule has 1 heteroatoms. The van der Waals surface area contributed by atoms with Crippen molar-refractivity contribution in [2.75, 3.05) is 4.90 Å². The number of hydrogen-bond acceptors (Lipinski definition) is 1. The lowest BCUT2D eigenvalue weighted by atomic mass is 9.67. The second-order valence-corrected chi connectivity index (χ2v) is 18.2. The maximum Gasteiger partial charge on any atom is 0.0714 e. The van der Waals surface area contributed by atoms with Gasteiger partial charge in [-0.15, -0.1) is 0 Å². The van der Waals surface area contributed by atoms with E-state index in [9.17, 15) is 0 Å². The molecule has 0 saturated carbocycles. The maximum absolute atomic E-state index is 2.49. The zero-order valence-corrected chi connectivity index (χ0v) is 39.9. The standard InChI is InChI=1S/C44H35N.C15H16.C7H8/c1-30-18-23-33(24-19-30)44(34-25-20-31(2)21-26-34)40-28-32(3)22-27-39(40)43-38-17-11-10-16-37(38)42(29-41(43)44)45(35-12-6-4-7-13-35)36-14-8-5-9-15-36;1-11-8-9-15(13(3)10-11)14-7-5-4-6-12(14)2;1-7-5-3-2-4-6-7/h4-29H,1-3H3;4-10H,1-3H3;2-6H,1H3. The molecule has 0 radical (unpaired) electrons. The van der Waals surface area contributed by atoms with Crippen LogP contribution in [0, 0.1) is 48.5 Å². The molecule has 1 nitrogen and oxygen atoms in total. The molecule has 0 amide bonds. The van der Waals surface area contributed by atoms with Crippen LogP contribution in [0.4, 0.5) is 17.1 Å². The first-order valence-corrected chi connectivity index (χ1v) is 23.5. The van der Waals surface area contributed by atoms with Crippen molar-refractivity contribution in [2.45, 2.75) is 53.9 Å². The third-order valence-corrected chi connectivity index (χ3v) is 13.3. The van der Waals surface area contributed by atoms with E-state index in [2.05, 4.69) is 266 Å². The highest BCUT2D eigenvalue weighted by molar-refractivity contribution is 6.11. The topological polar surface area (TPSA) is 3.24 Å². The van der Waals surface area contributed by atoms with Gasteiger partial charge in [-0.2, -0.15) is 0 Å². The van der Waals surface area contributed by atoms with Crippen LogP contribution in [0.1, 0.15) is 61.2 Å². The molecule has 1 aliphatic rings. The number of nitrogens with zero attached hydrogens (tertiary/aromatic N) is 1. The Hall–Kier alpha value is -7.74. The summed E-state index contributed by atoms with van der Waals surface area (Å²) >= 11 is 0. The van der Waals surface area contributed by atoms with Crippen molar-refractivity contribution in [1.82, 2.24) is 0 Å². The Labute approximate surface area is 398 Å². The van der Waals surface area contributed by atoms with Gasteiger partial charge in [0.15, 0.2) is 0 Å². The van der Waals surface area contributed by atoms with Crippen LogP contribution in [-0.2, 0) is 5.41 Å². The van der Waals surface area contributed by atoms with E-state index in [4.69, 9.17) is 0 Å². The van der Waals surface area contributed by atoms with Crippen molar-refractivity contribution < 1.29 is 0 Å². The monoisotopic (exact) mass is 865 g/mol. The Kier molecular flexibility index (Phi) is 12.9. The molecule has 0 heterocycles. The SMILES string of the molecule is Cc1ccc(-c2ccccc2C)c(C)c1.Cc1ccc(C2(c3ccc(C)cc3)c3cc(C)ccc3-c3c2cc(N(c2ccccc2)c2ccccc2)c2ccccc32)cc1.Cc1ccccc1. The molecule has 10 aromatic rings.